The van der Waals surface area contributed by atoms with Crippen molar-refractivity contribution in [2.75, 3.05) is 0 Å². The molecule has 2 aliphatic rings. The zero-order chi connectivity index (χ0) is 22.2. The topological polar surface area (TPSA) is 25.8 Å². The third-order valence-electron chi connectivity index (χ3n) is 8.43. The van der Waals surface area contributed by atoms with E-state index < -0.39 is 0 Å². The van der Waals surface area contributed by atoms with Gasteiger partial charge in [0.2, 0.25) is 0 Å². The first-order valence-corrected chi connectivity index (χ1v) is 13.7. The molecule has 32 heavy (non-hydrogen) atoms. The smallest absolute Gasteiger partial charge is 0.159 e. The van der Waals surface area contributed by atoms with Gasteiger partial charge in [0.25, 0.3) is 0 Å². The van der Waals surface area contributed by atoms with Gasteiger partial charge in [-0.05, 0) is 79.7 Å². The lowest BCUT2D eigenvalue weighted by Gasteiger charge is -2.38. The van der Waals surface area contributed by atoms with E-state index in [0.717, 1.165) is 47.9 Å². The SMILES string of the molecule is CCCCC[C@H]1CC[C@H]([C@H]2CC[C@H](c3ccc(-c4ncc(CCC)cn4)cc3)CC2)CC1. The van der Waals surface area contributed by atoms with Crippen LogP contribution in [0.2, 0.25) is 0 Å². The van der Waals surface area contributed by atoms with Crippen LogP contribution in [0.25, 0.3) is 11.4 Å². The Bertz CT molecular complexity index is 779. The van der Waals surface area contributed by atoms with Gasteiger partial charge >= 0.3 is 0 Å². The highest BCUT2D eigenvalue weighted by Gasteiger charge is 2.31. The van der Waals surface area contributed by atoms with Crippen LogP contribution >= 0.6 is 0 Å². The first-order chi connectivity index (χ1) is 15.8. The summed E-state index contributed by atoms with van der Waals surface area (Å²) >= 11 is 0. The molecule has 0 bridgehead atoms. The molecular weight excluding hydrogens is 388 g/mol. The second kappa shape index (κ2) is 12.0. The highest BCUT2D eigenvalue weighted by atomic mass is 14.9. The van der Waals surface area contributed by atoms with Crippen LogP contribution in [0.3, 0.4) is 0 Å². The molecule has 1 aromatic heterocycles. The molecule has 1 aromatic carbocycles. The van der Waals surface area contributed by atoms with Crippen molar-refractivity contribution in [2.24, 2.45) is 17.8 Å². The normalized spacial score (nSPS) is 26.2. The van der Waals surface area contributed by atoms with Gasteiger partial charge in [-0.1, -0.05) is 83.1 Å². The molecule has 2 nitrogen and oxygen atoms in total. The first kappa shape index (κ1) is 23.5. The number of nitrogens with zero attached hydrogens (tertiary/aromatic N) is 2. The van der Waals surface area contributed by atoms with Crippen molar-refractivity contribution >= 4 is 0 Å². The highest BCUT2D eigenvalue weighted by Crippen LogP contribution is 2.44. The summed E-state index contributed by atoms with van der Waals surface area (Å²) in [6.07, 6.45) is 23.6. The maximum atomic E-state index is 4.59. The van der Waals surface area contributed by atoms with Gasteiger partial charge in [0.15, 0.2) is 5.82 Å². The quantitative estimate of drug-likeness (QED) is 0.370. The number of unbranched alkanes of at least 4 members (excludes halogenated alkanes) is 2. The minimum Gasteiger partial charge on any atom is -0.236 e. The number of aryl methyl sites for hydroxylation is 1. The molecule has 4 rings (SSSR count). The lowest BCUT2D eigenvalue weighted by atomic mass is 9.68. The van der Waals surface area contributed by atoms with Crippen LogP contribution in [0.1, 0.15) is 114 Å². The molecule has 0 spiro atoms. The molecular formula is C30H44N2. The van der Waals surface area contributed by atoms with Crippen molar-refractivity contribution < 1.29 is 0 Å². The van der Waals surface area contributed by atoms with Crippen LogP contribution in [0.4, 0.5) is 0 Å². The average molecular weight is 433 g/mol. The van der Waals surface area contributed by atoms with Gasteiger partial charge in [-0.2, -0.15) is 0 Å². The third-order valence-corrected chi connectivity index (χ3v) is 8.43. The maximum absolute atomic E-state index is 4.59. The minimum absolute atomic E-state index is 0.749. The van der Waals surface area contributed by atoms with Crippen LogP contribution in [0, 0.1) is 17.8 Å². The molecule has 1 heterocycles. The average Bonchev–Trinajstić information content (AvgIpc) is 2.86. The lowest BCUT2D eigenvalue weighted by molar-refractivity contribution is 0.155. The summed E-state index contributed by atoms with van der Waals surface area (Å²) in [5, 5.41) is 0. The molecule has 0 amide bonds. The standard InChI is InChI=1S/C30H44N2/c1-3-5-6-8-23-9-11-25(12-10-23)26-13-15-27(16-14-26)28-17-19-29(20-18-28)30-31-21-24(7-4-2)22-32-30/h17-23,25-27H,3-16H2,1-2H3/t23-,25-,26-,27-. The fourth-order valence-electron chi connectivity index (χ4n) is 6.38. The maximum Gasteiger partial charge on any atom is 0.159 e. The number of rotatable bonds is 9. The molecule has 2 aliphatic carbocycles. The Morgan fingerprint density at radius 2 is 1.34 bits per heavy atom. The van der Waals surface area contributed by atoms with Gasteiger partial charge in [-0.25, -0.2) is 9.97 Å². The molecule has 0 N–H and O–H groups in total. The molecule has 0 saturated heterocycles. The van der Waals surface area contributed by atoms with E-state index in [-0.39, 0.29) is 0 Å². The summed E-state index contributed by atoms with van der Waals surface area (Å²) in [5.74, 6) is 4.66. The third kappa shape index (κ3) is 6.21. The van der Waals surface area contributed by atoms with E-state index >= 15 is 0 Å². The summed E-state index contributed by atoms with van der Waals surface area (Å²) in [6, 6.07) is 9.14. The minimum atomic E-state index is 0.749. The number of hydrogen-bond donors (Lipinski definition) is 0. The largest absolute Gasteiger partial charge is 0.236 e. The van der Waals surface area contributed by atoms with E-state index in [2.05, 4.69) is 48.1 Å². The van der Waals surface area contributed by atoms with Crippen LogP contribution in [-0.2, 0) is 6.42 Å². The number of hydrogen-bond acceptors (Lipinski definition) is 2. The molecule has 2 fully saturated rings. The lowest BCUT2D eigenvalue weighted by Crippen LogP contribution is -2.25. The molecule has 0 aliphatic heterocycles. The van der Waals surface area contributed by atoms with Gasteiger partial charge in [0.05, 0.1) is 0 Å². The summed E-state index contributed by atoms with van der Waals surface area (Å²) in [4.78, 5) is 9.17. The fourth-order valence-corrected chi connectivity index (χ4v) is 6.38. The predicted molar refractivity (Wildman–Crippen MR) is 136 cm³/mol. The van der Waals surface area contributed by atoms with E-state index in [9.17, 15) is 0 Å². The van der Waals surface area contributed by atoms with E-state index in [1.807, 2.05) is 12.4 Å². The van der Waals surface area contributed by atoms with Gasteiger partial charge in [0.1, 0.15) is 0 Å². The monoisotopic (exact) mass is 432 g/mol. The zero-order valence-electron chi connectivity index (χ0n) is 20.6. The van der Waals surface area contributed by atoms with Crippen molar-refractivity contribution in [3.8, 4) is 11.4 Å². The summed E-state index contributed by atoms with van der Waals surface area (Å²) in [6.45, 7) is 4.52. The van der Waals surface area contributed by atoms with Crippen molar-refractivity contribution in [3.63, 3.8) is 0 Å². The Hall–Kier alpha value is -1.70. The van der Waals surface area contributed by atoms with E-state index in [4.69, 9.17) is 0 Å². The fraction of sp³-hybridized carbons (Fsp3) is 0.667. The first-order valence-electron chi connectivity index (χ1n) is 13.7. The molecule has 0 atom stereocenters. The Labute approximate surface area is 196 Å². The van der Waals surface area contributed by atoms with Crippen LogP contribution in [-0.4, -0.2) is 9.97 Å². The zero-order valence-corrected chi connectivity index (χ0v) is 20.6. The molecule has 0 unspecified atom stereocenters. The summed E-state index contributed by atoms with van der Waals surface area (Å²) < 4.78 is 0. The van der Waals surface area contributed by atoms with Crippen LogP contribution in [0.5, 0.6) is 0 Å². The van der Waals surface area contributed by atoms with E-state index in [1.165, 1.54) is 88.2 Å². The van der Waals surface area contributed by atoms with Gasteiger partial charge < -0.3 is 0 Å². The number of aromatic nitrogens is 2. The molecule has 174 valence electrons. The van der Waals surface area contributed by atoms with Crippen LogP contribution in [0.15, 0.2) is 36.7 Å². The second-order valence-electron chi connectivity index (χ2n) is 10.7. The van der Waals surface area contributed by atoms with Crippen molar-refractivity contribution in [1.29, 1.82) is 0 Å². The summed E-state index contributed by atoms with van der Waals surface area (Å²) in [5.41, 5.74) is 3.89. The Balaban J connectivity index is 1.24. The Morgan fingerprint density at radius 1 is 0.719 bits per heavy atom. The van der Waals surface area contributed by atoms with Crippen molar-refractivity contribution in [1.82, 2.24) is 9.97 Å². The molecule has 2 saturated carbocycles. The molecule has 2 aromatic rings. The number of benzene rings is 1. The predicted octanol–water partition coefficient (Wildman–Crippen LogP) is 8.76. The highest BCUT2D eigenvalue weighted by molar-refractivity contribution is 5.55. The van der Waals surface area contributed by atoms with Gasteiger partial charge in [0, 0.05) is 18.0 Å². The summed E-state index contributed by atoms with van der Waals surface area (Å²) in [7, 11) is 0. The molecule has 0 radical (unpaired) electrons. The van der Waals surface area contributed by atoms with Crippen molar-refractivity contribution in [2.45, 2.75) is 110 Å². The Morgan fingerprint density at radius 3 is 1.94 bits per heavy atom. The van der Waals surface area contributed by atoms with E-state index in [0.29, 0.717) is 0 Å². The van der Waals surface area contributed by atoms with Crippen LogP contribution < -0.4 is 0 Å². The van der Waals surface area contributed by atoms with E-state index in [1.54, 1.807) is 0 Å². The Kier molecular flexibility index (Phi) is 8.77. The van der Waals surface area contributed by atoms with Gasteiger partial charge in [-0.15, -0.1) is 0 Å². The van der Waals surface area contributed by atoms with Gasteiger partial charge in [-0.3, -0.25) is 0 Å². The second-order valence-corrected chi connectivity index (χ2v) is 10.7. The molecule has 2 heteroatoms. The van der Waals surface area contributed by atoms with Crippen molar-refractivity contribution in [3.05, 3.63) is 47.8 Å².